The second kappa shape index (κ2) is 5.12. The van der Waals surface area contributed by atoms with Crippen LogP contribution in [0.4, 0.5) is 0 Å². The van der Waals surface area contributed by atoms with Gasteiger partial charge in [-0.15, -0.1) is 0 Å². The predicted molar refractivity (Wildman–Crippen MR) is 66.2 cm³/mol. The number of hydrogen-bond donors (Lipinski definition) is 1. The highest BCUT2D eigenvalue weighted by atomic mass is 16.1. The summed E-state index contributed by atoms with van der Waals surface area (Å²) in [6.07, 6.45) is 0. The first-order valence-corrected chi connectivity index (χ1v) is 5.43. The topological polar surface area (TPSA) is 46.3 Å². The van der Waals surface area contributed by atoms with Gasteiger partial charge in [-0.3, -0.25) is 9.69 Å². The maximum atomic E-state index is 10.8. The van der Waals surface area contributed by atoms with E-state index >= 15 is 0 Å². The zero-order chi connectivity index (χ0) is 12.3. The van der Waals surface area contributed by atoms with E-state index in [1.165, 1.54) is 22.3 Å². The van der Waals surface area contributed by atoms with Gasteiger partial charge in [0, 0.05) is 6.54 Å². The van der Waals surface area contributed by atoms with Gasteiger partial charge in [0.15, 0.2) is 0 Å². The van der Waals surface area contributed by atoms with Crippen LogP contribution < -0.4 is 5.73 Å². The molecule has 0 fully saturated rings. The summed E-state index contributed by atoms with van der Waals surface area (Å²) in [6, 6.07) is 4.37. The van der Waals surface area contributed by atoms with Gasteiger partial charge >= 0.3 is 0 Å². The molecule has 0 aliphatic rings. The summed E-state index contributed by atoms with van der Waals surface area (Å²) in [6.45, 7) is 7.37. The Morgan fingerprint density at radius 2 is 1.75 bits per heavy atom. The monoisotopic (exact) mass is 220 g/mol. The van der Waals surface area contributed by atoms with E-state index in [1.807, 2.05) is 11.9 Å². The molecule has 0 aromatic heterocycles. The van der Waals surface area contributed by atoms with E-state index in [-0.39, 0.29) is 5.91 Å². The summed E-state index contributed by atoms with van der Waals surface area (Å²) >= 11 is 0. The molecule has 1 amide bonds. The van der Waals surface area contributed by atoms with Gasteiger partial charge in [0.1, 0.15) is 0 Å². The third kappa shape index (κ3) is 3.35. The van der Waals surface area contributed by atoms with Gasteiger partial charge < -0.3 is 5.73 Å². The lowest BCUT2D eigenvalue weighted by Gasteiger charge is -2.17. The number of amides is 1. The van der Waals surface area contributed by atoms with E-state index in [0.29, 0.717) is 6.54 Å². The number of primary amides is 1. The summed E-state index contributed by atoms with van der Waals surface area (Å²) < 4.78 is 0. The first-order chi connectivity index (χ1) is 7.40. The van der Waals surface area contributed by atoms with Crippen molar-refractivity contribution in [3.8, 4) is 0 Å². The van der Waals surface area contributed by atoms with Crippen molar-refractivity contribution in [2.24, 2.45) is 5.73 Å². The molecule has 16 heavy (non-hydrogen) atoms. The van der Waals surface area contributed by atoms with Crippen molar-refractivity contribution in [3.05, 3.63) is 34.4 Å². The number of hydrogen-bond acceptors (Lipinski definition) is 2. The summed E-state index contributed by atoms with van der Waals surface area (Å²) in [7, 11) is 1.90. The minimum absolute atomic E-state index is 0.288. The molecule has 3 heteroatoms. The van der Waals surface area contributed by atoms with Gasteiger partial charge in [0.25, 0.3) is 0 Å². The van der Waals surface area contributed by atoms with Crippen LogP contribution in [0.3, 0.4) is 0 Å². The van der Waals surface area contributed by atoms with E-state index in [0.717, 1.165) is 6.54 Å². The number of carbonyl (C=O) groups excluding carboxylic acids is 1. The Balaban J connectivity index is 2.81. The van der Waals surface area contributed by atoms with Crippen molar-refractivity contribution in [2.75, 3.05) is 13.6 Å². The summed E-state index contributed by atoms with van der Waals surface area (Å²) in [4.78, 5) is 12.7. The van der Waals surface area contributed by atoms with Crippen molar-refractivity contribution in [3.63, 3.8) is 0 Å². The highest BCUT2D eigenvalue weighted by Gasteiger charge is 2.07. The summed E-state index contributed by atoms with van der Waals surface area (Å²) in [5.41, 5.74) is 10.3. The Labute approximate surface area is 97.2 Å². The fourth-order valence-corrected chi connectivity index (χ4v) is 1.80. The van der Waals surface area contributed by atoms with E-state index in [1.54, 1.807) is 0 Å². The molecule has 0 aliphatic carbocycles. The number of nitrogens with two attached hydrogens (primary N) is 1. The van der Waals surface area contributed by atoms with Crippen molar-refractivity contribution in [1.29, 1.82) is 0 Å². The molecule has 0 spiro atoms. The molecule has 0 unspecified atom stereocenters. The molecule has 0 radical (unpaired) electrons. The molecule has 0 aliphatic heterocycles. The van der Waals surface area contributed by atoms with Crippen LogP contribution in [0.15, 0.2) is 12.1 Å². The lowest BCUT2D eigenvalue weighted by molar-refractivity contribution is -0.118. The molecular weight excluding hydrogens is 200 g/mol. The molecule has 0 saturated heterocycles. The second-order valence-corrected chi connectivity index (χ2v) is 4.50. The Kier molecular flexibility index (Phi) is 4.07. The predicted octanol–water partition coefficient (Wildman–Crippen LogP) is 1.53. The molecule has 0 heterocycles. The third-order valence-electron chi connectivity index (χ3n) is 2.82. The number of carbonyl (C=O) groups is 1. The average Bonchev–Trinajstić information content (AvgIpc) is 2.12. The van der Waals surface area contributed by atoms with Crippen molar-refractivity contribution in [1.82, 2.24) is 4.90 Å². The lowest BCUT2D eigenvalue weighted by atomic mass is 10.0. The lowest BCUT2D eigenvalue weighted by Crippen LogP contribution is -2.30. The molecule has 3 nitrogen and oxygen atoms in total. The van der Waals surface area contributed by atoms with Gasteiger partial charge in [0.05, 0.1) is 6.54 Å². The number of benzene rings is 1. The van der Waals surface area contributed by atoms with Crippen LogP contribution in [0.5, 0.6) is 0 Å². The van der Waals surface area contributed by atoms with Crippen LogP contribution in [0.25, 0.3) is 0 Å². The van der Waals surface area contributed by atoms with Crippen molar-refractivity contribution < 1.29 is 4.79 Å². The third-order valence-corrected chi connectivity index (χ3v) is 2.82. The van der Waals surface area contributed by atoms with Crippen molar-refractivity contribution in [2.45, 2.75) is 27.3 Å². The van der Waals surface area contributed by atoms with Crippen LogP contribution in [-0.4, -0.2) is 24.4 Å². The smallest absolute Gasteiger partial charge is 0.231 e. The maximum Gasteiger partial charge on any atom is 0.231 e. The van der Waals surface area contributed by atoms with Crippen LogP contribution in [-0.2, 0) is 11.3 Å². The summed E-state index contributed by atoms with van der Waals surface area (Å²) in [5.74, 6) is -0.288. The Hall–Kier alpha value is -1.35. The fraction of sp³-hybridized carbons (Fsp3) is 0.462. The number of likely N-dealkylation sites (N-methyl/N-ethyl adjacent to an activating group) is 1. The van der Waals surface area contributed by atoms with Crippen molar-refractivity contribution >= 4 is 5.91 Å². The zero-order valence-corrected chi connectivity index (χ0v) is 10.5. The van der Waals surface area contributed by atoms with Crippen LogP contribution in [0.1, 0.15) is 22.3 Å². The largest absolute Gasteiger partial charge is 0.369 e. The maximum absolute atomic E-state index is 10.8. The standard InChI is InChI=1S/C13H20N2O/c1-9-5-11(3)12(6-10(9)2)7-15(4)8-13(14)16/h5-6H,7-8H2,1-4H3,(H2,14,16). The van der Waals surface area contributed by atoms with Gasteiger partial charge in [-0.05, 0) is 50.1 Å². The molecular formula is C13H20N2O. The highest BCUT2D eigenvalue weighted by molar-refractivity contribution is 5.75. The first kappa shape index (κ1) is 12.7. The molecule has 0 atom stereocenters. The van der Waals surface area contributed by atoms with Gasteiger partial charge in [0.2, 0.25) is 5.91 Å². The molecule has 1 rings (SSSR count). The van der Waals surface area contributed by atoms with Gasteiger partial charge in [-0.25, -0.2) is 0 Å². The molecule has 0 bridgehead atoms. The quantitative estimate of drug-likeness (QED) is 0.836. The molecule has 2 N–H and O–H groups in total. The van der Waals surface area contributed by atoms with Crippen LogP contribution in [0.2, 0.25) is 0 Å². The normalized spacial score (nSPS) is 10.8. The number of rotatable bonds is 4. The first-order valence-electron chi connectivity index (χ1n) is 5.43. The van der Waals surface area contributed by atoms with Gasteiger partial charge in [-0.1, -0.05) is 12.1 Å². The average molecular weight is 220 g/mol. The highest BCUT2D eigenvalue weighted by Crippen LogP contribution is 2.16. The molecule has 1 aromatic rings. The van der Waals surface area contributed by atoms with E-state index in [9.17, 15) is 4.79 Å². The minimum atomic E-state index is -0.288. The number of nitrogens with zero attached hydrogens (tertiary/aromatic N) is 1. The van der Waals surface area contributed by atoms with Gasteiger partial charge in [-0.2, -0.15) is 0 Å². The fourth-order valence-electron chi connectivity index (χ4n) is 1.80. The van der Waals surface area contributed by atoms with Crippen LogP contribution in [0, 0.1) is 20.8 Å². The Bertz CT molecular complexity index is 399. The SMILES string of the molecule is Cc1cc(C)c(CN(C)CC(N)=O)cc1C. The molecule has 88 valence electrons. The van der Waals surface area contributed by atoms with E-state index < -0.39 is 0 Å². The second-order valence-electron chi connectivity index (χ2n) is 4.50. The Morgan fingerprint density at radius 3 is 2.31 bits per heavy atom. The molecule has 0 saturated carbocycles. The summed E-state index contributed by atoms with van der Waals surface area (Å²) in [5, 5.41) is 0. The van der Waals surface area contributed by atoms with E-state index in [4.69, 9.17) is 5.73 Å². The van der Waals surface area contributed by atoms with Crippen LogP contribution >= 0.6 is 0 Å². The Morgan fingerprint density at radius 1 is 1.19 bits per heavy atom. The minimum Gasteiger partial charge on any atom is -0.369 e. The number of aryl methyl sites for hydroxylation is 3. The van der Waals surface area contributed by atoms with E-state index in [2.05, 4.69) is 32.9 Å². The zero-order valence-electron chi connectivity index (χ0n) is 10.5. The molecule has 1 aromatic carbocycles.